The van der Waals surface area contributed by atoms with Crippen LogP contribution in [0.15, 0.2) is 36.7 Å². The van der Waals surface area contributed by atoms with Gasteiger partial charge in [-0.05, 0) is 11.8 Å². The van der Waals surface area contributed by atoms with E-state index in [1.165, 1.54) is 0 Å². The van der Waals surface area contributed by atoms with Crippen LogP contribution in [0.2, 0.25) is 0 Å². The fourth-order valence-corrected chi connectivity index (χ4v) is 2.18. The fourth-order valence-electron chi connectivity index (χ4n) is 2.18. The highest BCUT2D eigenvalue weighted by atomic mass is 16.3. The zero-order chi connectivity index (χ0) is 13.2. The van der Waals surface area contributed by atoms with Crippen molar-refractivity contribution in [1.29, 1.82) is 0 Å². The number of hydrogen-bond donors (Lipinski definition) is 2. The molecule has 3 N–H and O–H groups in total. The van der Waals surface area contributed by atoms with Gasteiger partial charge in [-0.3, -0.25) is 4.98 Å². The van der Waals surface area contributed by atoms with Gasteiger partial charge in [0.1, 0.15) is 0 Å². The Morgan fingerprint density at radius 3 is 2.72 bits per heavy atom. The minimum Gasteiger partial charge on any atom is -0.388 e. The maximum absolute atomic E-state index is 10.6. The highest BCUT2D eigenvalue weighted by Crippen LogP contribution is 2.38. The minimum atomic E-state index is -0.592. The summed E-state index contributed by atoms with van der Waals surface area (Å²) in [7, 11) is 0. The van der Waals surface area contributed by atoms with E-state index >= 15 is 0 Å². The van der Waals surface area contributed by atoms with E-state index in [1.807, 2.05) is 37.4 Å². The standard InChI is InChI=1S/C15H20N2O/c1-3-15(2,10-16)14(18)13-9-17-8-11-6-4-5-7-12(11)13/h4-9,14,18H,3,10,16H2,1-2H3. The van der Waals surface area contributed by atoms with Gasteiger partial charge in [0.15, 0.2) is 0 Å². The van der Waals surface area contributed by atoms with E-state index in [-0.39, 0.29) is 5.41 Å². The maximum Gasteiger partial charge on any atom is 0.0876 e. The number of fused-ring (bicyclic) bond motifs is 1. The van der Waals surface area contributed by atoms with Crippen LogP contribution >= 0.6 is 0 Å². The summed E-state index contributed by atoms with van der Waals surface area (Å²) in [6, 6.07) is 7.97. The Bertz CT molecular complexity index is 530. The van der Waals surface area contributed by atoms with Crippen LogP contribution in [0, 0.1) is 5.41 Å². The third-order valence-electron chi connectivity index (χ3n) is 3.93. The normalized spacial score (nSPS) is 16.4. The van der Waals surface area contributed by atoms with Crippen molar-refractivity contribution in [3.05, 3.63) is 42.2 Å². The summed E-state index contributed by atoms with van der Waals surface area (Å²) >= 11 is 0. The molecule has 2 unspecified atom stereocenters. The smallest absolute Gasteiger partial charge is 0.0876 e. The molecule has 3 nitrogen and oxygen atoms in total. The Morgan fingerprint density at radius 2 is 2.06 bits per heavy atom. The molecule has 0 aliphatic heterocycles. The molecule has 0 spiro atoms. The van der Waals surface area contributed by atoms with Gasteiger partial charge in [0, 0.05) is 35.3 Å². The van der Waals surface area contributed by atoms with Gasteiger partial charge >= 0.3 is 0 Å². The number of nitrogens with two attached hydrogens (primary N) is 1. The van der Waals surface area contributed by atoms with Crippen LogP contribution < -0.4 is 5.73 Å². The van der Waals surface area contributed by atoms with Crippen LogP contribution in [0.4, 0.5) is 0 Å². The lowest BCUT2D eigenvalue weighted by Gasteiger charge is -2.32. The molecule has 0 aliphatic carbocycles. The lowest BCUT2D eigenvalue weighted by molar-refractivity contribution is 0.0401. The molecule has 0 fully saturated rings. The van der Waals surface area contributed by atoms with Gasteiger partial charge in [-0.2, -0.15) is 0 Å². The lowest BCUT2D eigenvalue weighted by Crippen LogP contribution is -2.33. The van der Waals surface area contributed by atoms with E-state index in [2.05, 4.69) is 11.9 Å². The van der Waals surface area contributed by atoms with Crippen molar-refractivity contribution in [2.45, 2.75) is 26.4 Å². The molecule has 2 atom stereocenters. The van der Waals surface area contributed by atoms with E-state index in [0.717, 1.165) is 22.8 Å². The molecule has 3 heteroatoms. The summed E-state index contributed by atoms with van der Waals surface area (Å²) in [5.74, 6) is 0. The summed E-state index contributed by atoms with van der Waals surface area (Å²) in [6.07, 6.45) is 3.80. The third kappa shape index (κ3) is 2.11. The summed E-state index contributed by atoms with van der Waals surface area (Å²) in [6.45, 7) is 4.52. The van der Waals surface area contributed by atoms with Gasteiger partial charge < -0.3 is 10.8 Å². The van der Waals surface area contributed by atoms with Crippen LogP contribution in [0.5, 0.6) is 0 Å². The number of aromatic nitrogens is 1. The van der Waals surface area contributed by atoms with Crippen molar-refractivity contribution >= 4 is 10.8 Å². The van der Waals surface area contributed by atoms with Gasteiger partial charge in [-0.25, -0.2) is 0 Å². The predicted octanol–water partition coefficient (Wildman–Crippen LogP) is 2.64. The molecule has 96 valence electrons. The second-order valence-corrected chi connectivity index (χ2v) is 5.06. The molecule has 2 aromatic rings. The van der Waals surface area contributed by atoms with Crippen molar-refractivity contribution in [2.75, 3.05) is 6.54 Å². The van der Waals surface area contributed by atoms with Crippen LogP contribution in [0.3, 0.4) is 0 Å². The zero-order valence-electron chi connectivity index (χ0n) is 10.9. The first-order valence-corrected chi connectivity index (χ1v) is 6.33. The summed E-state index contributed by atoms with van der Waals surface area (Å²) < 4.78 is 0. The number of benzene rings is 1. The second kappa shape index (κ2) is 5.04. The minimum absolute atomic E-state index is 0.314. The first-order valence-electron chi connectivity index (χ1n) is 6.33. The molecule has 0 saturated heterocycles. The van der Waals surface area contributed by atoms with Crippen LogP contribution in [0.25, 0.3) is 10.8 Å². The van der Waals surface area contributed by atoms with E-state index in [9.17, 15) is 5.11 Å². The molecule has 0 radical (unpaired) electrons. The number of rotatable bonds is 4. The molecule has 1 heterocycles. The number of aliphatic hydroxyl groups is 1. The number of nitrogens with zero attached hydrogens (tertiary/aromatic N) is 1. The second-order valence-electron chi connectivity index (χ2n) is 5.06. The third-order valence-corrected chi connectivity index (χ3v) is 3.93. The molecule has 0 aliphatic rings. The molecule has 18 heavy (non-hydrogen) atoms. The largest absolute Gasteiger partial charge is 0.388 e. The topological polar surface area (TPSA) is 59.1 Å². The van der Waals surface area contributed by atoms with Gasteiger partial charge in [-0.15, -0.1) is 0 Å². The molecule has 0 saturated carbocycles. The van der Waals surface area contributed by atoms with Crippen molar-refractivity contribution < 1.29 is 5.11 Å². The Labute approximate surface area is 108 Å². The zero-order valence-corrected chi connectivity index (χ0v) is 10.9. The summed E-state index contributed by atoms with van der Waals surface area (Å²) in [4.78, 5) is 4.22. The van der Waals surface area contributed by atoms with Crippen molar-refractivity contribution in [2.24, 2.45) is 11.1 Å². The summed E-state index contributed by atoms with van der Waals surface area (Å²) in [5, 5.41) is 12.7. The SMILES string of the molecule is CCC(C)(CN)C(O)c1cncc2ccccc12. The number of aliphatic hydroxyl groups excluding tert-OH is 1. The average Bonchev–Trinajstić information content (AvgIpc) is 2.45. The van der Waals surface area contributed by atoms with Gasteiger partial charge in [-0.1, -0.05) is 38.1 Å². The first kappa shape index (κ1) is 13.0. The van der Waals surface area contributed by atoms with E-state index < -0.39 is 6.10 Å². The fraction of sp³-hybridized carbons (Fsp3) is 0.400. The van der Waals surface area contributed by atoms with Crippen molar-refractivity contribution in [3.8, 4) is 0 Å². The average molecular weight is 244 g/mol. The Kier molecular flexibility index (Phi) is 3.64. The highest BCUT2D eigenvalue weighted by molar-refractivity contribution is 5.85. The van der Waals surface area contributed by atoms with Crippen LogP contribution in [-0.2, 0) is 0 Å². The Balaban J connectivity index is 2.54. The van der Waals surface area contributed by atoms with Gasteiger partial charge in [0.25, 0.3) is 0 Å². The predicted molar refractivity (Wildman–Crippen MR) is 74.2 cm³/mol. The maximum atomic E-state index is 10.6. The molecule has 0 amide bonds. The first-order chi connectivity index (χ1) is 8.62. The van der Waals surface area contributed by atoms with Crippen molar-refractivity contribution in [3.63, 3.8) is 0 Å². The monoisotopic (exact) mass is 244 g/mol. The quantitative estimate of drug-likeness (QED) is 0.869. The van der Waals surface area contributed by atoms with Gasteiger partial charge in [0.05, 0.1) is 6.10 Å². The Morgan fingerprint density at radius 1 is 1.33 bits per heavy atom. The van der Waals surface area contributed by atoms with Crippen molar-refractivity contribution in [1.82, 2.24) is 4.98 Å². The van der Waals surface area contributed by atoms with Crippen LogP contribution in [0.1, 0.15) is 31.9 Å². The summed E-state index contributed by atoms with van der Waals surface area (Å²) in [5.41, 5.74) is 6.37. The molecule has 2 rings (SSSR count). The molecule has 1 aromatic heterocycles. The van der Waals surface area contributed by atoms with Gasteiger partial charge in [0.2, 0.25) is 0 Å². The molecular weight excluding hydrogens is 224 g/mol. The highest BCUT2D eigenvalue weighted by Gasteiger charge is 2.32. The number of hydrogen-bond acceptors (Lipinski definition) is 3. The van der Waals surface area contributed by atoms with E-state index in [4.69, 9.17) is 5.73 Å². The van der Waals surface area contributed by atoms with Crippen LogP contribution in [-0.4, -0.2) is 16.6 Å². The molecular formula is C15H20N2O. The molecule has 0 bridgehead atoms. The number of pyridine rings is 1. The van der Waals surface area contributed by atoms with E-state index in [0.29, 0.717) is 6.54 Å². The van der Waals surface area contributed by atoms with E-state index in [1.54, 1.807) is 6.20 Å². The molecule has 1 aromatic carbocycles. The Hall–Kier alpha value is -1.45. The lowest BCUT2D eigenvalue weighted by atomic mass is 9.78.